The molecule has 5 heteroatoms. The highest BCUT2D eigenvalue weighted by molar-refractivity contribution is 9.11. The van der Waals surface area contributed by atoms with Crippen molar-refractivity contribution in [3.63, 3.8) is 0 Å². The second-order valence-corrected chi connectivity index (χ2v) is 5.86. The number of halogens is 2. The van der Waals surface area contributed by atoms with Gasteiger partial charge in [0, 0.05) is 11.8 Å². The molecule has 0 bridgehead atoms. The molecule has 2 heterocycles. The van der Waals surface area contributed by atoms with E-state index in [1.54, 1.807) is 23.6 Å². The Morgan fingerprint density at radius 2 is 2.41 bits per heavy atom. The van der Waals surface area contributed by atoms with Crippen LogP contribution in [-0.4, -0.2) is 11.5 Å². The van der Waals surface area contributed by atoms with Gasteiger partial charge in [0.2, 0.25) is 0 Å². The Morgan fingerprint density at radius 1 is 1.59 bits per heavy atom. The molecule has 0 aliphatic carbocycles. The maximum atomic E-state index is 13.7. The number of hydrogen-bond acceptors (Lipinski definition) is 3. The number of hydrogen-bond donors (Lipinski definition) is 1. The molecular weight excluding hydrogens is 303 g/mol. The number of nitrogens with one attached hydrogen (secondary N) is 1. The van der Waals surface area contributed by atoms with Crippen LogP contribution < -0.4 is 5.32 Å². The molecule has 0 saturated carbocycles. The van der Waals surface area contributed by atoms with Crippen molar-refractivity contribution in [1.82, 2.24) is 10.3 Å². The fourth-order valence-corrected chi connectivity index (χ4v) is 2.91. The molecule has 0 saturated heterocycles. The highest BCUT2D eigenvalue weighted by atomic mass is 79.9. The lowest BCUT2D eigenvalue weighted by atomic mass is 10.0. The number of aromatic nitrogens is 1. The third-order valence-corrected chi connectivity index (χ3v) is 3.97. The van der Waals surface area contributed by atoms with E-state index in [-0.39, 0.29) is 11.9 Å². The minimum Gasteiger partial charge on any atom is -0.306 e. The van der Waals surface area contributed by atoms with E-state index in [2.05, 4.69) is 26.2 Å². The highest BCUT2D eigenvalue weighted by Crippen LogP contribution is 2.30. The van der Waals surface area contributed by atoms with Crippen molar-refractivity contribution in [2.75, 3.05) is 6.54 Å². The van der Waals surface area contributed by atoms with Gasteiger partial charge < -0.3 is 5.32 Å². The Bertz CT molecular complexity index is 501. The molecule has 90 valence electrons. The lowest BCUT2D eigenvalue weighted by molar-refractivity contribution is 0.555. The zero-order chi connectivity index (χ0) is 12.3. The van der Waals surface area contributed by atoms with Crippen molar-refractivity contribution in [2.45, 2.75) is 13.0 Å². The Hall–Kier alpha value is -0.780. The zero-order valence-electron chi connectivity index (χ0n) is 9.28. The lowest BCUT2D eigenvalue weighted by Gasteiger charge is -2.17. The van der Waals surface area contributed by atoms with Crippen LogP contribution in [0.3, 0.4) is 0 Å². The maximum Gasteiger partial charge on any atom is 0.146 e. The molecule has 1 atom stereocenters. The van der Waals surface area contributed by atoms with Crippen molar-refractivity contribution < 1.29 is 4.39 Å². The van der Waals surface area contributed by atoms with Gasteiger partial charge in [0.1, 0.15) is 5.82 Å². The maximum absolute atomic E-state index is 13.7. The first-order valence-electron chi connectivity index (χ1n) is 5.29. The molecule has 0 aliphatic heterocycles. The minimum atomic E-state index is -0.277. The molecule has 1 unspecified atom stereocenters. The van der Waals surface area contributed by atoms with Crippen LogP contribution in [0.25, 0.3) is 0 Å². The van der Waals surface area contributed by atoms with Gasteiger partial charge in [-0.15, -0.1) is 11.3 Å². The lowest BCUT2D eigenvalue weighted by Crippen LogP contribution is -2.22. The van der Waals surface area contributed by atoms with Crippen molar-refractivity contribution >= 4 is 27.3 Å². The number of pyridine rings is 1. The fraction of sp³-hybridized carbons (Fsp3) is 0.250. The highest BCUT2D eigenvalue weighted by Gasteiger charge is 2.17. The molecular formula is C12H12BrFN2S. The summed E-state index contributed by atoms with van der Waals surface area (Å²) in [6.45, 7) is 2.79. The van der Waals surface area contributed by atoms with Crippen molar-refractivity contribution in [1.29, 1.82) is 0 Å². The largest absolute Gasteiger partial charge is 0.306 e. The first-order chi connectivity index (χ1) is 8.22. The van der Waals surface area contributed by atoms with Crippen molar-refractivity contribution in [3.05, 3.63) is 50.6 Å². The Labute approximate surface area is 112 Å². The van der Waals surface area contributed by atoms with Crippen molar-refractivity contribution in [3.8, 4) is 0 Å². The molecule has 2 rings (SSSR count). The third kappa shape index (κ3) is 2.91. The minimum absolute atomic E-state index is 0.120. The first kappa shape index (κ1) is 12.7. The van der Waals surface area contributed by atoms with E-state index in [0.717, 1.165) is 15.9 Å². The summed E-state index contributed by atoms with van der Waals surface area (Å²) < 4.78 is 14.8. The molecule has 0 amide bonds. The van der Waals surface area contributed by atoms with Gasteiger partial charge in [-0.2, -0.15) is 0 Å². The van der Waals surface area contributed by atoms with Gasteiger partial charge >= 0.3 is 0 Å². The third-order valence-electron chi connectivity index (χ3n) is 2.44. The smallest absolute Gasteiger partial charge is 0.146 e. The quantitative estimate of drug-likeness (QED) is 0.929. The SMILES string of the molecule is CCNC(c1csc(Br)c1)c1ccncc1F. The summed E-state index contributed by atoms with van der Waals surface area (Å²) in [6.07, 6.45) is 2.87. The Kier molecular flexibility index (Phi) is 4.25. The Morgan fingerprint density at radius 3 is 3.00 bits per heavy atom. The van der Waals surface area contributed by atoms with E-state index >= 15 is 0 Å². The molecule has 2 aromatic heterocycles. The predicted octanol–water partition coefficient (Wildman–Crippen LogP) is 3.74. The van der Waals surface area contributed by atoms with Crippen LogP contribution in [0, 0.1) is 5.82 Å². The van der Waals surface area contributed by atoms with E-state index < -0.39 is 0 Å². The average Bonchev–Trinajstić information content (AvgIpc) is 2.74. The molecule has 1 N–H and O–H groups in total. The summed E-state index contributed by atoms with van der Waals surface area (Å²) in [5, 5.41) is 5.31. The van der Waals surface area contributed by atoms with Gasteiger partial charge in [0.15, 0.2) is 0 Å². The van der Waals surface area contributed by atoms with Gasteiger partial charge in [-0.25, -0.2) is 4.39 Å². The zero-order valence-corrected chi connectivity index (χ0v) is 11.7. The number of nitrogens with zero attached hydrogens (tertiary/aromatic N) is 1. The molecule has 17 heavy (non-hydrogen) atoms. The average molecular weight is 315 g/mol. The van der Waals surface area contributed by atoms with Crippen LogP contribution >= 0.6 is 27.3 Å². The summed E-state index contributed by atoms with van der Waals surface area (Å²) in [6, 6.07) is 3.61. The van der Waals surface area contributed by atoms with Gasteiger partial charge in [0.05, 0.1) is 16.0 Å². The fourth-order valence-electron chi connectivity index (χ4n) is 1.71. The van der Waals surface area contributed by atoms with E-state index in [1.807, 2.05) is 18.4 Å². The van der Waals surface area contributed by atoms with Gasteiger partial charge in [-0.1, -0.05) is 6.92 Å². The van der Waals surface area contributed by atoms with E-state index in [9.17, 15) is 4.39 Å². The van der Waals surface area contributed by atoms with Crippen LogP contribution in [0.2, 0.25) is 0 Å². The van der Waals surface area contributed by atoms with Gasteiger partial charge in [0.25, 0.3) is 0 Å². The monoisotopic (exact) mass is 314 g/mol. The van der Waals surface area contributed by atoms with Gasteiger partial charge in [-0.3, -0.25) is 4.98 Å². The van der Waals surface area contributed by atoms with Crippen LogP contribution in [0.1, 0.15) is 24.1 Å². The van der Waals surface area contributed by atoms with Crippen LogP contribution in [0.5, 0.6) is 0 Å². The standard InChI is InChI=1S/C12H12BrFN2S/c1-2-16-12(8-5-11(13)17-7-8)9-3-4-15-6-10(9)14/h3-7,12,16H,2H2,1H3. The normalized spacial score (nSPS) is 12.6. The molecule has 2 nitrogen and oxygen atoms in total. The summed E-state index contributed by atoms with van der Waals surface area (Å²) in [7, 11) is 0. The summed E-state index contributed by atoms with van der Waals surface area (Å²) in [5.74, 6) is -0.277. The Balaban J connectivity index is 2.39. The molecule has 0 radical (unpaired) electrons. The predicted molar refractivity (Wildman–Crippen MR) is 71.7 cm³/mol. The van der Waals surface area contributed by atoms with Gasteiger partial charge in [-0.05, 0) is 45.6 Å². The second-order valence-electron chi connectivity index (χ2n) is 3.57. The topological polar surface area (TPSA) is 24.9 Å². The molecule has 0 fully saturated rings. The summed E-state index contributed by atoms with van der Waals surface area (Å²) in [5.41, 5.74) is 1.70. The number of rotatable bonds is 4. The first-order valence-corrected chi connectivity index (χ1v) is 6.96. The summed E-state index contributed by atoms with van der Waals surface area (Å²) in [4.78, 5) is 3.78. The van der Waals surface area contributed by atoms with Crippen molar-refractivity contribution in [2.24, 2.45) is 0 Å². The molecule has 0 spiro atoms. The molecule has 0 aromatic carbocycles. The summed E-state index contributed by atoms with van der Waals surface area (Å²) >= 11 is 5.02. The van der Waals surface area contributed by atoms with E-state index in [4.69, 9.17) is 0 Å². The van der Waals surface area contributed by atoms with E-state index in [0.29, 0.717) is 5.56 Å². The van der Waals surface area contributed by atoms with Crippen LogP contribution in [-0.2, 0) is 0 Å². The molecule has 0 aliphatic rings. The van der Waals surface area contributed by atoms with E-state index in [1.165, 1.54) is 6.20 Å². The van der Waals surface area contributed by atoms with Crippen LogP contribution in [0.15, 0.2) is 33.7 Å². The second kappa shape index (κ2) is 5.71. The number of thiophene rings is 1. The van der Waals surface area contributed by atoms with Crippen LogP contribution in [0.4, 0.5) is 4.39 Å². The molecule has 2 aromatic rings.